The van der Waals surface area contributed by atoms with Crippen LogP contribution in [0.1, 0.15) is 0 Å². The van der Waals surface area contributed by atoms with Crippen molar-refractivity contribution >= 4 is 29.2 Å². The van der Waals surface area contributed by atoms with Crippen molar-refractivity contribution in [3.8, 4) is 11.4 Å². The van der Waals surface area contributed by atoms with Gasteiger partial charge >= 0.3 is 0 Å². The lowest BCUT2D eigenvalue weighted by Crippen LogP contribution is -2.37. The van der Waals surface area contributed by atoms with Crippen LogP contribution in [0.4, 0.5) is 0 Å². The lowest BCUT2D eigenvalue weighted by Gasteiger charge is -2.15. The minimum Gasteiger partial charge on any atom is -0.255 e. The largest absolute Gasteiger partial charge is 0.255 e. The van der Waals surface area contributed by atoms with Crippen molar-refractivity contribution in [3.05, 3.63) is 41.1 Å². The zero-order chi connectivity index (χ0) is 12.5. The zero-order valence-corrected chi connectivity index (χ0v) is 12.8. The number of hydrogen-bond acceptors (Lipinski definition) is 2. The minimum atomic E-state index is -1.26. The van der Waals surface area contributed by atoms with E-state index >= 15 is 0 Å². The van der Waals surface area contributed by atoms with Crippen LogP contribution in [-0.2, 0) is 0 Å². The summed E-state index contributed by atoms with van der Waals surface area (Å²) in [4.78, 5) is 8.84. The van der Waals surface area contributed by atoms with E-state index in [1.165, 1.54) is 5.19 Å². The second kappa shape index (κ2) is 4.70. The Labute approximate surface area is 111 Å². The average molecular weight is 307 g/mol. The molecule has 0 amide bonds. The van der Waals surface area contributed by atoms with Crippen molar-refractivity contribution in [2.24, 2.45) is 0 Å². The van der Waals surface area contributed by atoms with Crippen LogP contribution in [0.15, 0.2) is 41.1 Å². The summed E-state index contributed by atoms with van der Waals surface area (Å²) in [6.45, 7) is 6.96. The van der Waals surface area contributed by atoms with Crippen molar-refractivity contribution in [1.29, 1.82) is 0 Å². The number of rotatable bonds is 2. The van der Waals surface area contributed by atoms with Gasteiger partial charge in [-0.05, 0) is 39.3 Å². The second-order valence-electron chi connectivity index (χ2n) is 5.04. The van der Waals surface area contributed by atoms with Gasteiger partial charge in [0.25, 0.3) is 0 Å². The molecule has 2 rings (SSSR count). The lowest BCUT2D eigenvalue weighted by atomic mass is 10.2. The van der Waals surface area contributed by atoms with Gasteiger partial charge in [-0.3, -0.25) is 9.97 Å². The van der Waals surface area contributed by atoms with Gasteiger partial charge in [0.05, 0.1) is 19.5 Å². The Hall–Kier alpha value is -1.00. The van der Waals surface area contributed by atoms with E-state index in [-0.39, 0.29) is 0 Å². The van der Waals surface area contributed by atoms with Gasteiger partial charge < -0.3 is 0 Å². The molecule has 0 aliphatic heterocycles. The first-order chi connectivity index (χ1) is 7.97. The van der Waals surface area contributed by atoms with Gasteiger partial charge in [0, 0.05) is 16.9 Å². The smallest absolute Gasteiger partial charge is 0.0886 e. The van der Waals surface area contributed by atoms with Crippen molar-refractivity contribution in [2.75, 3.05) is 0 Å². The monoisotopic (exact) mass is 306 g/mol. The first-order valence-corrected chi connectivity index (χ1v) is 9.84. The van der Waals surface area contributed by atoms with Gasteiger partial charge in [-0.1, -0.05) is 25.7 Å². The minimum absolute atomic E-state index is 0.912. The molecule has 88 valence electrons. The topological polar surface area (TPSA) is 25.8 Å². The summed E-state index contributed by atoms with van der Waals surface area (Å²) in [5, 5.41) is 1.37. The highest BCUT2D eigenvalue weighted by atomic mass is 79.9. The van der Waals surface area contributed by atoms with Gasteiger partial charge in [0.1, 0.15) is 0 Å². The van der Waals surface area contributed by atoms with Crippen LogP contribution in [0.5, 0.6) is 0 Å². The molecule has 4 heteroatoms. The summed E-state index contributed by atoms with van der Waals surface area (Å²) in [6, 6.07) is 8.19. The molecular weight excluding hydrogens is 292 g/mol. The fourth-order valence-corrected chi connectivity index (χ4v) is 2.79. The van der Waals surface area contributed by atoms with E-state index in [0.29, 0.717) is 0 Å². The first-order valence-electron chi connectivity index (χ1n) is 5.55. The highest BCUT2D eigenvalue weighted by molar-refractivity contribution is 9.10. The number of halogens is 1. The third-order valence-corrected chi connectivity index (χ3v) is 5.12. The number of pyridine rings is 2. The predicted molar refractivity (Wildman–Crippen MR) is 78.1 cm³/mol. The van der Waals surface area contributed by atoms with Crippen LogP contribution in [0.3, 0.4) is 0 Å². The van der Waals surface area contributed by atoms with Crippen molar-refractivity contribution < 1.29 is 0 Å². The molecule has 0 aliphatic carbocycles. The van der Waals surface area contributed by atoms with Crippen molar-refractivity contribution in [2.45, 2.75) is 19.6 Å². The van der Waals surface area contributed by atoms with Crippen LogP contribution in [0.25, 0.3) is 11.4 Å². The number of hydrogen-bond donors (Lipinski definition) is 0. The summed E-state index contributed by atoms with van der Waals surface area (Å²) in [7, 11) is -1.26. The Bertz CT molecular complexity index is 500. The van der Waals surface area contributed by atoms with Crippen LogP contribution in [0.2, 0.25) is 19.6 Å². The molecule has 2 aromatic rings. The Kier molecular flexibility index (Phi) is 3.44. The number of aromatic nitrogens is 2. The highest BCUT2D eigenvalue weighted by Gasteiger charge is 2.16. The third-order valence-electron chi connectivity index (χ3n) is 2.62. The Morgan fingerprint density at radius 3 is 1.88 bits per heavy atom. The molecule has 0 N–H and O–H groups in total. The van der Waals surface area contributed by atoms with Crippen LogP contribution < -0.4 is 5.19 Å². The van der Waals surface area contributed by atoms with Crippen LogP contribution in [0, 0.1) is 0 Å². The second-order valence-corrected chi connectivity index (χ2v) is 11.0. The molecule has 2 heterocycles. The average Bonchev–Trinajstić information content (AvgIpc) is 2.29. The molecule has 2 nitrogen and oxygen atoms in total. The quantitative estimate of drug-likeness (QED) is 0.794. The maximum absolute atomic E-state index is 4.50. The molecule has 0 unspecified atom stereocenters. The van der Waals surface area contributed by atoms with E-state index in [2.05, 4.69) is 57.7 Å². The van der Waals surface area contributed by atoms with E-state index in [0.717, 1.165) is 15.9 Å². The fourth-order valence-electron chi connectivity index (χ4n) is 1.52. The number of nitrogens with zero attached hydrogens (tertiary/aromatic N) is 2. The van der Waals surface area contributed by atoms with Gasteiger partial charge in [-0.15, -0.1) is 0 Å². The molecular formula is C13H15BrN2Si. The highest BCUT2D eigenvalue weighted by Crippen LogP contribution is 2.16. The Morgan fingerprint density at radius 1 is 0.882 bits per heavy atom. The van der Waals surface area contributed by atoms with Crippen LogP contribution >= 0.6 is 15.9 Å². The van der Waals surface area contributed by atoms with Crippen molar-refractivity contribution in [3.63, 3.8) is 0 Å². The molecule has 0 radical (unpaired) electrons. The molecule has 2 aromatic heterocycles. The molecule has 0 spiro atoms. The molecule has 0 saturated heterocycles. The normalized spacial score (nSPS) is 11.5. The first kappa shape index (κ1) is 12.5. The molecule has 0 aliphatic rings. The molecule has 0 atom stereocenters. The molecule has 0 fully saturated rings. The van der Waals surface area contributed by atoms with Gasteiger partial charge in [0.2, 0.25) is 0 Å². The SMILES string of the molecule is C[Si](C)(C)c1ccc(-c2ccc(Br)cn2)nc1. The standard InChI is InChI=1S/C13H15BrN2Si/c1-17(2,3)11-5-7-13(16-9-11)12-6-4-10(14)8-15-12/h4-9H,1-3H3. The van der Waals surface area contributed by atoms with Crippen molar-refractivity contribution in [1.82, 2.24) is 9.97 Å². The van der Waals surface area contributed by atoms with Gasteiger partial charge in [-0.25, -0.2) is 0 Å². The molecule has 0 aromatic carbocycles. The Balaban J connectivity index is 2.33. The van der Waals surface area contributed by atoms with E-state index in [1.54, 1.807) is 6.20 Å². The fraction of sp³-hybridized carbons (Fsp3) is 0.231. The maximum Gasteiger partial charge on any atom is 0.0886 e. The maximum atomic E-state index is 4.50. The van der Waals surface area contributed by atoms with Gasteiger partial charge in [-0.2, -0.15) is 0 Å². The summed E-state index contributed by atoms with van der Waals surface area (Å²) < 4.78 is 0.986. The third kappa shape index (κ3) is 3.01. The molecule has 0 saturated carbocycles. The van der Waals surface area contributed by atoms with E-state index in [4.69, 9.17) is 0 Å². The lowest BCUT2D eigenvalue weighted by molar-refractivity contribution is 1.24. The summed E-state index contributed by atoms with van der Waals surface area (Å²) in [6.07, 6.45) is 3.79. The van der Waals surface area contributed by atoms with E-state index in [9.17, 15) is 0 Å². The Morgan fingerprint density at radius 2 is 1.47 bits per heavy atom. The van der Waals surface area contributed by atoms with E-state index < -0.39 is 8.07 Å². The van der Waals surface area contributed by atoms with Gasteiger partial charge in [0.15, 0.2) is 0 Å². The summed E-state index contributed by atoms with van der Waals surface area (Å²) >= 11 is 3.38. The summed E-state index contributed by atoms with van der Waals surface area (Å²) in [5.74, 6) is 0. The molecule has 0 bridgehead atoms. The zero-order valence-electron chi connectivity index (χ0n) is 10.2. The van der Waals surface area contributed by atoms with Crippen LogP contribution in [-0.4, -0.2) is 18.0 Å². The molecule has 17 heavy (non-hydrogen) atoms. The predicted octanol–water partition coefficient (Wildman–Crippen LogP) is 3.45. The summed E-state index contributed by atoms with van der Waals surface area (Å²) in [5.41, 5.74) is 1.84. The van der Waals surface area contributed by atoms with E-state index in [1.807, 2.05) is 18.3 Å².